The number of nitrogens with two attached hydrogens (primary N) is 1. The summed E-state index contributed by atoms with van der Waals surface area (Å²) in [4.78, 5) is 8.84. The molecule has 1 heterocycles. The highest BCUT2D eigenvalue weighted by atomic mass is 35.5. The summed E-state index contributed by atoms with van der Waals surface area (Å²) in [5, 5.41) is 14.5. The minimum atomic E-state index is -0.159. The molecule has 0 spiro atoms. The Morgan fingerprint density at radius 3 is 2.48 bits per heavy atom. The van der Waals surface area contributed by atoms with E-state index in [1.165, 1.54) is 12.1 Å². The molecule has 0 saturated heterocycles. The van der Waals surface area contributed by atoms with Gasteiger partial charge in [-0.1, -0.05) is 53.5 Å². The van der Waals surface area contributed by atoms with Crippen LogP contribution in [0.3, 0.4) is 0 Å². The van der Waals surface area contributed by atoms with Gasteiger partial charge in [-0.2, -0.15) is 5.10 Å². The summed E-state index contributed by atoms with van der Waals surface area (Å²) in [6.07, 6.45) is 0. The zero-order chi connectivity index (χ0) is 18.0. The minimum Gasteiger partial charge on any atom is -0.506 e. The van der Waals surface area contributed by atoms with Crippen LogP contribution in [0.5, 0.6) is 5.75 Å². The van der Waals surface area contributed by atoms with Crippen molar-refractivity contribution < 1.29 is 5.11 Å². The Kier molecular flexibility index (Phi) is 4.88. The van der Waals surface area contributed by atoms with Crippen molar-refractivity contribution >= 4 is 28.9 Å². The van der Waals surface area contributed by atoms with Crippen molar-refractivity contribution in [2.75, 3.05) is 0 Å². The van der Waals surface area contributed by atoms with E-state index in [0.717, 1.165) is 11.3 Å². The first-order valence-electron chi connectivity index (χ1n) is 7.37. The quantitative estimate of drug-likeness (QED) is 0.410. The lowest BCUT2D eigenvalue weighted by Crippen LogP contribution is -2.11. The van der Waals surface area contributed by atoms with Gasteiger partial charge < -0.3 is 10.9 Å². The standard InChI is InChI=1S/C18H14Cl2N4O/c1-10-22-15(11-5-3-2-4-6-11)9-16(23-10)17(24-21)13-7-12(19)8-14(20)18(13)25/h2-9,25H,21H2,1H3/b24-17+. The fraction of sp³-hybridized carbons (Fsp3) is 0.0556. The van der Waals surface area contributed by atoms with E-state index < -0.39 is 0 Å². The largest absolute Gasteiger partial charge is 0.506 e. The van der Waals surface area contributed by atoms with Crippen LogP contribution >= 0.6 is 23.2 Å². The van der Waals surface area contributed by atoms with Crippen LogP contribution in [0.4, 0.5) is 0 Å². The van der Waals surface area contributed by atoms with Gasteiger partial charge >= 0.3 is 0 Å². The molecule has 0 aliphatic heterocycles. The lowest BCUT2D eigenvalue weighted by atomic mass is 10.0. The predicted molar refractivity (Wildman–Crippen MR) is 100 cm³/mol. The van der Waals surface area contributed by atoms with Crippen LogP contribution in [0.25, 0.3) is 11.3 Å². The Balaban J connectivity index is 2.17. The van der Waals surface area contributed by atoms with E-state index >= 15 is 0 Å². The number of aromatic nitrogens is 2. The second-order valence-corrected chi connectivity index (χ2v) is 6.16. The maximum Gasteiger partial charge on any atom is 0.143 e. The molecule has 0 saturated carbocycles. The van der Waals surface area contributed by atoms with Gasteiger partial charge in [0.05, 0.1) is 16.4 Å². The Labute approximate surface area is 154 Å². The van der Waals surface area contributed by atoms with Crippen molar-refractivity contribution in [3.05, 3.63) is 75.7 Å². The summed E-state index contributed by atoms with van der Waals surface area (Å²) >= 11 is 12.0. The van der Waals surface area contributed by atoms with E-state index in [2.05, 4.69) is 15.1 Å². The first-order chi connectivity index (χ1) is 12.0. The molecule has 0 radical (unpaired) electrons. The van der Waals surface area contributed by atoms with Gasteiger partial charge in [-0.3, -0.25) is 0 Å². The molecular formula is C18H14Cl2N4O. The van der Waals surface area contributed by atoms with Gasteiger partial charge in [-0.05, 0) is 25.1 Å². The SMILES string of the molecule is Cc1nc(/C(=N/N)c2cc(Cl)cc(Cl)c2O)cc(-c2ccccc2)n1. The molecule has 0 fully saturated rings. The number of phenolic OH excluding ortho intramolecular Hbond substituents is 1. The number of nitrogens with zero attached hydrogens (tertiary/aromatic N) is 3. The summed E-state index contributed by atoms with van der Waals surface area (Å²) in [5.74, 6) is 5.96. The Morgan fingerprint density at radius 1 is 1.08 bits per heavy atom. The molecule has 126 valence electrons. The highest BCUT2D eigenvalue weighted by molar-refractivity contribution is 6.36. The third kappa shape index (κ3) is 3.57. The van der Waals surface area contributed by atoms with E-state index in [1.807, 2.05) is 30.3 Å². The molecule has 0 atom stereocenters. The topological polar surface area (TPSA) is 84.4 Å². The fourth-order valence-corrected chi connectivity index (χ4v) is 2.96. The van der Waals surface area contributed by atoms with Crippen molar-refractivity contribution in [3.63, 3.8) is 0 Å². The number of aryl methyl sites for hydroxylation is 1. The van der Waals surface area contributed by atoms with Gasteiger partial charge in [0.15, 0.2) is 0 Å². The molecule has 3 aromatic rings. The Morgan fingerprint density at radius 2 is 1.80 bits per heavy atom. The van der Waals surface area contributed by atoms with Crippen molar-refractivity contribution in [3.8, 4) is 17.0 Å². The van der Waals surface area contributed by atoms with Crippen molar-refractivity contribution in [1.82, 2.24) is 9.97 Å². The highest BCUT2D eigenvalue weighted by Gasteiger charge is 2.18. The first kappa shape index (κ1) is 17.2. The number of rotatable bonds is 3. The molecule has 0 bridgehead atoms. The molecule has 3 rings (SSSR count). The van der Waals surface area contributed by atoms with E-state index in [9.17, 15) is 5.11 Å². The fourth-order valence-electron chi connectivity index (χ4n) is 2.47. The summed E-state index contributed by atoms with van der Waals surface area (Å²) in [6, 6.07) is 14.4. The normalized spacial score (nSPS) is 11.6. The number of hydrogen-bond donors (Lipinski definition) is 2. The molecule has 3 N–H and O–H groups in total. The lowest BCUT2D eigenvalue weighted by molar-refractivity contribution is 0.474. The van der Waals surface area contributed by atoms with E-state index in [1.54, 1.807) is 13.0 Å². The molecule has 5 nitrogen and oxygen atoms in total. The van der Waals surface area contributed by atoms with Crippen LogP contribution in [-0.4, -0.2) is 20.8 Å². The Bertz CT molecular complexity index is 959. The minimum absolute atomic E-state index is 0.109. The zero-order valence-corrected chi connectivity index (χ0v) is 14.8. The highest BCUT2D eigenvalue weighted by Crippen LogP contribution is 2.33. The summed E-state index contributed by atoms with van der Waals surface area (Å²) in [6.45, 7) is 1.77. The number of aromatic hydroxyl groups is 1. The van der Waals surface area contributed by atoms with Gasteiger partial charge in [0, 0.05) is 16.1 Å². The third-order valence-corrected chi connectivity index (χ3v) is 4.07. The monoisotopic (exact) mass is 372 g/mol. The smallest absolute Gasteiger partial charge is 0.143 e. The molecular weight excluding hydrogens is 359 g/mol. The number of benzene rings is 2. The third-order valence-electron chi connectivity index (χ3n) is 3.56. The van der Waals surface area contributed by atoms with E-state index in [0.29, 0.717) is 22.1 Å². The van der Waals surface area contributed by atoms with Crippen molar-refractivity contribution in [2.45, 2.75) is 6.92 Å². The Hall–Kier alpha value is -2.63. The van der Waals surface area contributed by atoms with Crippen LogP contribution in [0.15, 0.2) is 53.6 Å². The van der Waals surface area contributed by atoms with Crippen LogP contribution in [0.2, 0.25) is 10.0 Å². The van der Waals surface area contributed by atoms with Crippen LogP contribution in [0, 0.1) is 6.92 Å². The molecule has 0 amide bonds. The van der Waals surface area contributed by atoms with E-state index in [-0.39, 0.29) is 16.5 Å². The van der Waals surface area contributed by atoms with Crippen LogP contribution in [0.1, 0.15) is 17.1 Å². The van der Waals surface area contributed by atoms with Gasteiger partial charge in [0.1, 0.15) is 17.3 Å². The van der Waals surface area contributed by atoms with Gasteiger partial charge in [-0.15, -0.1) is 0 Å². The number of phenols is 1. The molecule has 25 heavy (non-hydrogen) atoms. The number of halogens is 2. The van der Waals surface area contributed by atoms with E-state index in [4.69, 9.17) is 29.0 Å². The second-order valence-electron chi connectivity index (χ2n) is 5.31. The van der Waals surface area contributed by atoms with Crippen LogP contribution < -0.4 is 5.84 Å². The van der Waals surface area contributed by atoms with Gasteiger partial charge in [-0.25, -0.2) is 9.97 Å². The number of hydrazone groups is 1. The first-order valence-corrected chi connectivity index (χ1v) is 8.13. The molecule has 2 aromatic carbocycles. The molecule has 0 unspecified atom stereocenters. The van der Waals surface area contributed by atoms with Gasteiger partial charge in [0.2, 0.25) is 0 Å². The van der Waals surface area contributed by atoms with Crippen molar-refractivity contribution in [2.24, 2.45) is 10.9 Å². The van der Waals surface area contributed by atoms with Crippen LogP contribution in [-0.2, 0) is 0 Å². The summed E-state index contributed by atoms with van der Waals surface area (Å²) < 4.78 is 0. The van der Waals surface area contributed by atoms with Gasteiger partial charge in [0.25, 0.3) is 0 Å². The summed E-state index contributed by atoms with van der Waals surface area (Å²) in [5.41, 5.74) is 2.68. The molecule has 1 aromatic heterocycles. The molecule has 7 heteroatoms. The zero-order valence-electron chi connectivity index (χ0n) is 13.2. The predicted octanol–water partition coefficient (Wildman–Crippen LogP) is 4.18. The van der Waals surface area contributed by atoms with Crippen molar-refractivity contribution in [1.29, 1.82) is 0 Å². The maximum absolute atomic E-state index is 10.3. The lowest BCUT2D eigenvalue weighted by Gasteiger charge is -2.11. The summed E-state index contributed by atoms with van der Waals surface area (Å²) in [7, 11) is 0. The second kappa shape index (κ2) is 7.09. The average Bonchev–Trinajstić information content (AvgIpc) is 2.60. The molecule has 0 aliphatic rings. The molecule has 0 aliphatic carbocycles. The average molecular weight is 373 g/mol. The number of hydrogen-bond acceptors (Lipinski definition) is 5. The maximum atomic E-state index is 10.3.